The highest BCUT2D eigenvalue weighted by Gasteiger charge is 2.29. The van der Waals surface area contributed by atoms with Gasteiger partial charge in [0.2, 0.25) is 0 Å². The second-order valence-electron chi connectivity index (χ2n) is 4.04. The summed E-state index contributed by atoms with van der Waals surface area (Å²) in [7, 11) is 0. The minimum Gasteiger partial charge on any atom is -0.350 e. The summed E-state index contributed by atoms with van der Waals surface area (Å²) in [6.07, 6.45) is 2.26. The van der Waals surface area contributed by atoms with Gasteiger partial charge in [0.15, 0.2) is 0 Å². The topological polar surface area (TPSA) is 29.1 Å². The first kappa shape index (κ1) is 11.4. The quantitative estimate of drug-likeness (QED) is 0.807. The number of alkyl halides is 1. The third-order valence-electron chi connectivity index (χ3n) is 2.71. The van der Waals surface area contributed by atoms with E-state index in [1.165, 1.54) is 12.1 Å². The minimum atomic E-state index is -0.502. The maximum Gasteiger partial charge on any atom is 0.254 e. The molecule has 4 heteroatoms. The lowest BCUT2D eigenvalue weighted by Gasteiger charge is -2.09. The highest BCUT2D eigenvalue weighted by molar-refractivity contribution is 6.21. The van der Waals surface area contributed by atoms with Crippen molar-refractivity contribution < 1.29 is 9.18 Å². The predicted octanol–water partition coefficient (Wildman–Crippen LogP) is 2.57. The molecule has 2 rings (SSSR count). The van der Waals surface area contributed by atoms with Crippen LogP contribution in [0.15, 0.2) is 24.3 Å². The Hall–Kier alpha value is -1.09. The van der Waals surface area contributed by atoms with E-state index < -0.39 is 11.7 Å². The second-order valence-corrected chi connectivity index (χ2v) is 4.60. The average Bonchev–Trinajstić information content (AvgIpc) is 3.10. The standard InChI is InChI=1S/C12H13ClFNO/c13-10(8-5-6-8)7-15-12(16)9-3-1-2-4-11(9)14/h1-4,8,10H,5-7H2,(H,15,16). The van der Waals surface area contributed by atoms with Crippen molar-refractivity contribution >= 4 is 17.5 Å². The molecule has 0 heterocycles. The van der Waals surface area contributed by atoms with Gasteiger partial charge in [-0.15, -0.1) is 11.6 Å². The monoisotopic (exact) mass is 241 g/mol. The van der Waals surface area contributed by atoms with Crippen LogP contribution in [-0.4, -0.2) is 17.8 Å². The van der Waals surface area contributed by atoms with Crippen molar-refractivity contribution in [3.05, 3.63) is 35.6 Å². The van der Waals surface area contributed by atoms with E-state index in [2.05, 4.69) is 5.32 Å². The van der Waals surface area contributed by atoms with Gasteiger partial charge in [-0.2, -0.15) is 0 Å². The molecule has 0 aromatic heterocycles. The van der Waals surface area contributed by atoms with Gasteiger partial charge in [-0.25, -0.2) is 4.39 Å². The van der Waals surface area contributed by atoms with Gasteiger partial charge in [0.25, 0.3) is 5.91 Å². The molecule has 1 saturated carbocycles. The third kappa shape index (κ3) is 2.73. The fourth-order valence-electron chi connectivity index (χ4n) is 1.56. The van der Waals surface area contributed by atoms with Crippen LogP contribution in [-0.2, 0) is 0 Å². The van der Waals surface area contributed by atoms with Gasteiger partial charge in [-0.1, -0.05) is 12.1 Å². The molecule has 0 spiro atoms. The summed E-state index contributed by atoms with van der Waals surface area (Å²) in [5.74, 6) is -0.385. The van der Waals surface area contributed by atoms with Crippen LogP contribution in [0, 0.1) is 11.7 Å². The molecule has 1 aliphatic carbocycles. The Morgan fingerprint density at radius 2 is 2.19 bits per heavy atom. The molecule has 0 saturated heterocycles. The summed E-state index contributed by atoms with van der Waals surface area (Å²) in [5, 5.41) is 2.62. The zero-order valence-electron chi connectivity index (χ0n) is 8.75. The predicted molar refractivity (Wildman–Crippen MR) is 61.1 cm³/mol. The van der Waals surface area contributed by atoms with Crippen LogP contribution in [0.3, 0.4) is 0 Å². The lowest BCUT2D eigenvalue weighted by Crippen LogP contribution is -2.31. The summed E-state index contributed by atoms with van der Waals surface area (Å²) in [4.78, 5) is 11.6. The molecule has 1 aliphatic rings. The second kappa shape index (κ2) is 4.83. The molecule has 1 aromatic carbocycles. The lowest BCUT2D eigenvalue weighted by molar-refractivity contribution is 0.0949. The summed E-state index contributed by atoms with van der Waals surface area (Å²) >= 11 is 6.04. The number of benzene rings is 1. The first-order chi connectivity index (χ1) is 7.68. The van der Waals surface area contributed by atoms with Crippen LogP contribution in [0.2, 0.25) is 0 Å². The smallest absolute Gasteiger partial charge is 0.254 e. The zero-order chi connectivity index (χ0) is 11.5. The van der Waals surface area contributed by atoms with Crippen LogP contribution in [0.1, 0.15) is 23.2 Å². The number of nitrogens with one attached hydrogen (secondary N) is 1. The molecule has 86 valence electrons. The van der Waals surface area contributed by atoms with Crippen LogP contribution >= 0.6 is 11.6 Å². The summed E-state index contributed by atoms with van der Waals surface area (Å²) in [6.45, 7) is 0.402. The molecule has 1 aromatic rings. The Labute approximate surface area is 98.8 Å². The fraction of sp³-hybridized carbons (Fsp3) is 0.417. The number of carbonyl (C=O) groups excluding carboxylic acids is 1. The Bertz CT molecular complexity index is 392. The van der Waals surface area contributed by atoms with E-state index in [1.807, 2.05) is 0 Å². The van der Waals surface area contributed by atoms with E-state index in [0.29, 0.717) is 12.5 Å². The Kier molecular flexibility index (Phi) is 3.44. The van der Waals surface area contributed by atoms with E-state index in [1.54, 1.807) is 12.1 Å². The summed E-state index contributed by atoms with van der Waals surface area (Å²) in [5.41, 5.74) is 0.0714. The largest absolute Gasteiger partial charge is 0.350 e. The zero-order valence-corrected chi connectivity index (χ0v) is 9.51. The number of halogens is 2. The molecule has 1 unspecified atom stereocenters. The number of hydrogen-bond donors (Lipinski definition) is 1. The van der Waals surface area contributed by atoms with E-state index in [0.717, 1.165) is 12.8 Å². The van der Waals surface area contributed by atoms with Gasteiger partial charge in [-0.05, 0) is 30.9 Å². The summed E-state index contributed by atoms with van der Waals surface area (Å²) in [6, 6.07) is 5.93. The maximum absolute atomic E-state index is 13.2. The first-order valence-corrected chi connectivity index (χ1v) is 5.79. The Balaban J connectivity index is 1.90. The normalized spacial score (nSPS) is 16.9. The minimum absolute atomic E-state index is 0.0317. The number of rotatable bonds is 4. The van der Waals surface area contributed by atoms with Crippen molar-refractivity contribution in [2.75, 3.05) is 6.54 Å². The highest BCUT2D eigenvalue weighted by Crippen LogP contribution is 2.35. The van der Waals surface area contributed by atoms with Crippen molar-refractivity contribution in [3.8, 4) is 0 Å². The van der Waals surface area contributed by atoms with Crippen LogP contribution in [0.4, 0.5) is 4.39 Å². The van der Waals surface area contributed by atoms with Crippen molar-refractivity contribution in [3.63, 3.8) is 0 Å². The molecule has 0 bridgehead atoms. The SMILES string of the molecule is O=C(NCC(Cl)C1CC1)c1ccccc1F. The van der Waals surface area contributed by atoms with Gasteiger partial charge in [0, 0.05) is 6.54 Å². The van der Waals surface area contributed by atoms with Crippen LogP contribution < -0.4 is 5.32 Å². The molecular formula is C12H13ClFNO. The van der Waals surface area contributed by atoms with Crippen molar-refractivity contribution in [2.45, 2.75) is 18.2 Å². The van der Waals surface area contributed by atoms with E-state index in [-0.39, 0.29) is 10.9 Å². The first-order valence-electron chi connectivity index (χ1n) is 5.35. The molecular weight excluding hydrogens is 229 g/mol. The van der Waals surface area contributed by atoms with Gasteiger partial charge >= 0.3 is 0 Å². The van der Waals surface area contributed by atoms with Gasteiger partial charge < -0.3 is 5.32 Å². The van der Waals surface area contributed by atoms with Crippen molar-refractivity contribution in [1.29, 1.82) is 0 Å². The third-order valence-corrected chi connectivity index (χ3v) is 3.22. The maximum atomic E-state index is 13.2. The molecule has 0 aliphatic heterocycles. The Morgan fingerprint density at radius 3 is 2.81 bits per heavy atom. The van der Waals surface area contributed by atoms with Gasteiger partial charge in [0.1, 0.15) is 5.82 Å². The van der Waals surface area contributed by atoms with Gasteiger partial charge in [-0.3, -0.25) is 4.79 Å². The van der Waals surface area contributed by atoms with Crippen LogP contribution in [0.25, 0.3) is 0 Å². The lowest BCUT2D eigenvalue weighted by atomic mass is 10.2. The molecule has 1 atom stereocenters. The summed E-state index contributed by atoms with van der Waals surface area (Å²) < 4.78 is 13.2. The molecule has 0 radical (unpaired) electrons. The number of amides is 1. The van der Waals surface area contributed by atoms with Crippen molar-refractivity contribution in [1.82, 2.24) is 5.32 Å². The molecule has 1 fully saturated rings. The highest BCUT2D eigenvalue weighted by atomic mass is 35.5. The molecule has 2 nitrogen and oxygen atoms in total. The fourth-order valence-corrected chi connectivity index (χ4v) is 1.88. The van der Waals surface area contributed by atoms with E-state index in [9.17, 15) is 9.18 Å². The molecule has 16 heavy (non-hydrogen) atoms. The van der Waals surface area contributed by atoms with Crippen molar-refractivity contribution in [2.24, 2.45) is 5.92 Å². The van der Waals surface area contributed by atoms with Crippen LogP contribution in [0.5, 0.6) is 0 Å². The molecule has 1 N–H and O–H groups in total. The van der Waals surface area contributed by atoms with Gasteiger partial charge in [0.05, 0.1) is 10.9 Å². The number of hydrogen-bond acceptors (Lipinski definition) is 1. The molecule has 1 amide bonds. The average molecular weight is 242 g/mol. The Morgan fingerprint density at radius 1 is 1.50 bits per heavy atom. The van der Waals surface area contributed by atoms with E-state index in [4.69, 9.17) is 11.6 Å². The number of carbonyl (C=O) groups is 1. The van der Waals surface area contributed by atoms with E-state index >= 15 is 0 Å².